The van der Waals surface area contributed by atoms with Crippen molar-refractivity contribution < 1.29 is 5.11 Å². The van der Waals surface area contributed by atoms with E-state index in [1.165, 1.54) is 11.3 Å². The molecule has 0 fully saturated rings. The van der Waals surface area contributed by atoms with E-state index in [4.69, 9.17) is 11.6 Å². The first-order valence-electron chi connectivity index (χ1n) is 4.81. The molecule has 0 saturated carbocycles. The zero-order valence-electron chi connectivity index (χ0n) is 8.70. The van der Waals surface area contributed by atoms with Crippen molar-refractivity contribution in [3.05, 3.63) is 40.7 Å². The van der Waals surface area contributed by atoms with Gasteiger partial charge in [-0.2, -0.15) is 0 Å². The molecule has 0 unspecified atom stereocenters. The molecule has 15 heavy (non-hydrogen) atoms. The molecular weight excluding hydrogens is 228 g/mol. The largest absolute Gasteiger partial charge is 0.507 e. The van der Waals surface area contributed by atoms with Gasteiger partial charge in [-0.3, -0.25) is 0 Å². The molecule has 80 valence electrons. The van der Waals surface area contributed by atoms with Gasteiger partial charge < -0.3 is 5.11 Å². The van der Waals surface area contributed by atoms with E-state index in [1.54, 1.807) is 12.1 Å². The molecule has 0 bridgehead atoms. The third kappa shape index (κ3) is 2.98. The third-order valence-electron chi connectivity index (χ3n) is 1.74. The zero-order chi connectivity index (χ0) is 11.3. The minimum Gasteiger partial charge on any atom is -0.507 e. The van der Waals surface area contributed by atoms with E-state index in [2.05, 4.69) is 0 Å². The van der Waals surface area contributed by atoms with Gasteiger partial charge in [0.2, 0.25) is 0 Å². The van der Waals surface area contributed by atoms with Gasteiger partial charge in [-0.05, 0) is 24.3 Å². The molecule has 0 atom stereocenters. The molecule has 0 radical (unpaired) electrons. The maximum Gasteiger partial charge on any atom is 0.124 e. The lowest BCUT2D eigenvalue weighted by molar-refractivity contribution is 0.477. The molecule has 2 rings (SSSR count). The van der Waals surface area contributed by atoms with Gasteiger partial charge in [0, 0.05) is 10.4 Å². The summed E-state index contributed by atoms with van der Waals surface area (Å²) in [6, 6.07) is 11.0. The minimum absolute atomic E-state index is 0.293. The maximum absolute atomic E-state index is 9.54. The lowest BCUT2D eigenvalue weighted by atomic mass is 10.2. The van der Waals surface area contributed by atoms with Crippen molar-refractivity contribution in [2.75, 3.05) is 0 Å². The van der Waals surface area contributed by atoms with E-state index >= 15 is 0 Å². The Kier molecular flexibility index (Phi) is 4.66. The lowest BCUT2D eigenvalue weighted by Gasteiger charge is -1.99. The molecule has 0 aliphatic rings. The Bertz CT molecular complexity index is 423. The summed E-state index contributed by atoms with van der Waals surface area (Å²) in [6.45, 7) is 4.00. The van der Waals surface area contributed by atoms with Crippen LogP contribution in [0.4, 0.5) is 0 Å². The molecule has 0 saturated heterocycles. The van der Waals surface area contributed by atoms with Crippen LogP contribution in [0.3, 0.4) is 0 Å². The summed E-state index contributed by atoms with van der Waals surface area (Å²) >= 11 is 7.26. The first-order valence-corrected chi connectivity index (χ1v) is 6.00. The highest BCUT2D eigenvalue weighted by Gasteiger charge is 2.04. The number of phenols is 1. The summed E-state index contributed by atoms with van der Waals surface area (Å²) in [7, 11) is 0. The minimum atomic E-state index is 0.293. The number of halogens is 1. The van der Waals surface area contributed by atoms with Gasteiger partial charge >= 0.3 is 0 Å². The molecule has 0 spiro atoms. The van der Waals surface area contributed by atoms with E-state index in [0.29, 0.717) is 5.75 Å². The molecule has 0 aliphatic carbocycles. The number of hydrogen-bond donors (Lipinski definition) is 1. The van der Waals surface area contributed by atoms with Crippen LogP contribution >= 0.6 is 22.9 Å². The maximum atomic E-state index is 9.54. The standard InChI is InChI=1S/C10H7ClOS.C2H6/c11-10-6-5-9(13-10)7-3-1-2-4-8(7)12;1-2/h1-6,12H;1-2H3. The number of rotatable bonds is 1. The van der Waals surface area contributed by atoms with Crippen molar-refractivity contribution in [1.82, 2.24) is 0 Å². The number of para-hydroxylation sites is 1. The van der Waals surface area contributed by atoms with Gasteiger partial charge in [-0.1, -0.05) is 37.6 Å². The van der Waals surface area contributed by atoms with Crippen LogP contribution in [0.1, 0.15) is 13.8 Å². The average Bonchev–Trinajstić information content (AvgIpc) is 2.68. The number of benzene rings is 1. The average molecular weight is 241 g/mol. The van der Waals surface area contributed by atoms with Gasteiger partial charge in [-0.25, -0.2) is 0 Å². The third-order valence-corrected chi connectivity index (χ3v) is 3.01. The fraction of sp³-hybridized carbons (Fsp3) is 0.167. The Hall–Kier alpha value is -0.990. The molecule has 0 amide bonds. The summed E-state index contributed by atoms with van der Waals surface area (Å²) in [4.78, 5) is 0.989. The van der Waals surface area contributed by atoms with Crippen molar-refractivity contribution in [2.24, 2.45) is 0 Å². The highest BCUT2D eigenvalue weighted by molar-refractivity contribution is 7.19. The van der Waals surface area contributed by atoms with E-state index in [1.807, 2.05) is 38.1 Å². The topological polar surface area (TPSA) is 20.2 Å². The van der Waals surface area contributed by atoms with E-state index in [-0.39, 0.29) is 0 Å². The Morgan fingerprint density at radius 2 is 1.73 bits per heavy atom. The van der Waals surface area contributed by atoms with Gasteiger partial charge in [0.1, 0.15) is 5.75 Å². The summed E-state index contributed by atoms with van der Waals surface area (Å²) in [5.74, 6) is 0.293. The Labute approximate surface area is 99.0 Å². The fourth-order valence-corrected chi connectivity index (χ4v) is 2.22. The number of thiophene rings is 1. The van der Waals surface area contributed by atoms with Crippen molar-refractivity contribution in [1.29, 1.82) is 0 Å². The first kappa shape index (κ1) is 12.1. The summed E-state index contributed by atoms with van der Waals surface area (Å²) in [5, 5.41) is 9.54. The highest BCUT2D eigenvalue weighted by atomic mass is 35.5. The van der Waals surface area contributed by atoms with Crippen LogP contribution in [0.25, 0.3) is 10.4 Å². The van der Waals surface area contributed by atoms with Gasteiger partial charge in [0.25, 0.3) is 0 Å². The van der Waals surface area contributed by atoms with Crippen molar-refractivity contribution in [3.63, 3.8) is 0 Å². The highest BCUT2D eigenvalue weighted by Crippen LogP contribution is 2.35. The van der Waals surface area contributed by atoms with Crippen LogP contribution in [0.15, 0.2) is 36.4 Å². The molecule has 0 aliphatic heterocycles. The zero-order valence-corrected chi connectivity index (χ0v) is 10.3. The molecule has 1 heterocycles. The van der Waals surface area contributed by atoms with Crippen LogP contribution in [-0.4, -0.2) is 5.11 Å². The van der Waals surface area contributed by atoms with Crippen LogP contribution in [-0.2, 0) is 0 Å². The monoisotopic (exact) mass is 240 g/mol. The fourth-order valence-electron chi connectivity index (χ4n) is 1.14. The summed E-state index contributed by atoms with van der Waals surface area (Å²) in [5.41, 5.74) is 0.833. The quantitative estimate of drug-likeness (QED) is 0.759. The smallest absolute Gasteiger partial charge is 0.124 e. The van der Waals surface area contributed by atoms with Crippen LogP contribution in [0.2, 0.25) is 4.34 Å². The Morgan fingerprint density at radius 1 is 1.07 bits per heavy atom. The second-order valence-corrected chi connectivity index (χ2v) is 4.34. The van der Waals surface area contributed by atoms with Crippen LogP contribution < -0.4 is 0 Å². The molecule has 1 N–H and O–H groups in total. The van der Waals surface area contributed by atoms with Gasteiger partial charge in [0.15, 0.2) is 0 Å². The van der Waals surface area contributed by atoms with E-state index in [0.717, 1.165) is 14.8 Å². The molecule has 1 aromatic carbocycles. The number of hydrogen-bond acceptors (Lipinski definition) is 2. The van der Waals surface area contributed by atoms with Gasteiger partial charge in [-0.15, -0.1) is 11.3 Å². The number of phenolic OH excluding ortho intramolecular Hbond substituents is 1. The van der Waals surface area contributed by atoms with Crippen LogP contribution in [0, 0.1) is 0 Å². The Balaban J connectivity index is 0.000000531. The molecule has 2 aromatic rings. The second-order valence-electron chi connectivity index (χ2n) is 2.62. The second kappa shape index (κ2) is 5.79. The summed E-state index contributed by atoms with van der Waals surface area (Å²) in [6.07, 6.45) is 0. The number of aromatic hydroxyl groups is 1. The Morgan fingerprint density at radius 3 is 2.27 bits per heavy atom. The van der Waals surface area contributed by atoms with Crippen molar-refractivity contribution >= 4 is 22.9 Å². The summed E-state index contributed by atoms with van der Waals surface area (Å²) < 4.78 is 0.734. The molecule has 3 heteroatoms. The SMILES string of the molecule is CC.Oc1ccccc1-c1ccc(Cl)s1. The predicted molar refractivity (Wildman–Crippen MR) is 67.8 cm³/mol. The molecular formula is C12H13ClOS. The predicted octanol–water partition coefficient (Wildman–Crippen LogP) is 4.80. The lowest BCUT2D eigenvalue weighted by Crippen LogP contribution is -1.71. The first-order chi connectivity index (χ1) is 7.27. The van der Waals surface area contributed by atoms with E-state index < -0.39 is 0 Å². The molecule has 1 nitrogen and oxygen atoms in total. The van der Waals surface area contributed by atoms with E-state index in [9.17, 15) is 5.11 Å². The van der Waals surface area contributed by atoms with Gasteiger partial charge in [0.05, 0.1) is 4.34 Å². The molecule has 1 aromatic heterocycles. The van der Waals surface area contributed by atoms with Crippen molar-refractivity contribution in [3.8, 4) is 16.2 Å². The normalized spacial score (nSPS) is 9.27. The van der Waals surface area contributed by atoms with Crippen molar-refractivity contribution in [2.45, 2.75) is 13.8 Å². The van der Waals surface area contributed by atoms with Crippen LogP contribution in [0.5, 0.6) is 5.75 Å².